The van der Waals surface area contributed by atoms with Gasteiger partial charge in [0.05, 0.1) is 50.4 Å². The molecule has 5 heterocycles. The van der Waals surface area contributed by atoms with E-state index in [1.54, 1.807) is 17.6 Å². The van der Waals surface area contributed by atoms with Gasteiger partial charge < -0.3 is 19.7 Å². The summed E-state index contributed by atoms with van der Waals surface area (Å²) in [5, 5.41) is 15.4. The topological polar surface area (TPSA) is 111 Å². The van der Waals surface area contributed by atoms with Crippen molar-refractivity contribution < 1.29 is 18.8 Å². The molecule has 6 rings (SSSR count). The Hall–Kier alpha value is -3.04. The molecule has 0 bridgehead atoms. The molecule has 1 unspecified atom stereocenters. The van der Waals surface area contributed by atoms with Gasteiger partial charge in [-0.15, -0.1) is 0 Å². The molecule has 3 aliphatic heterocycles. The second-order valence-corrected chi connectivity index (χ2v) is 11.0. The Kier molecular flexibility index (Phi) is 4.57. The summed E-state index contributed by atoms with van der Waals surface area (Å²) < 4.78 is 19.9. The quantitative estimate of drug-likeness (QED) is 0.435. The molecule has 0 aliphatic carbocycles. The average Bonchev–Trinajstić information content (AvgIpc) is 3.18. The molecule has 2 aromatic heterocycles. The van der Waals surface area contributed by atoms with Crippen molar-refractivity contribution in [1.82, 2.24) is 9.55 Å². The van der Waals surface area contributed by atoms with Crippen LogP contribution in [0.5, 0.6) is 0 Å². The second kappa shape index (κ2) is 7.23. The van der Waals surface area contributed by atoms with Crippen molar-refractivity contribution in [1.29, 1.82) is 0 Å². The Labute approximate surface area is 198 Å². The zero-order chi connectivity index (χ0) is 23.9. The maximum atomic E-state index is 13.5. The van der Waals surface area contributed by atoms with Gasteiger partial charge in [0, 0.05) is 28.3 Å². The number of hydrogen-bond donors (Lipinski definition) is 2. The summed E-state index contributed by atoms with van der Waals surface area (Å²) in [5.74, 6) is -0.224. The highest BCUT2D eigenvalue weighted by molar-refractivity contribution is 7.85. The van der Waals surface area contributed by atoms with Crippen LogP contribution in [-0.4, -0.2) is 36.6 Å². The number of esters is 1. The molecular weight excluding hydrogens is 454 g/mol. The number of benzene rings is 1. The molecule has 0 radical (unpaired) electrons. The minimum Gasteiger partial charge on any atom is -0.458 e. The van der Waals surface area contributed by atoms with Crippen LogP contribution >= 0.6 is 0 Å². The lowest BCUT2D eigenvalue weighted by Gasteiger charge is -2.31. The first kappa shape index (κ1) is 21.5. The van der Waals surface area contributed by atoms with Crippen LogP contribution in [0.3, 0.4) is 0 Å². The summed E-state index contributed by atoms with van der Waals surface area (Å²) in [4.78, 5) is 31.6. The lowest BCUT2D eigenvalue weighted by molar-refractivity contribution is -0.172. The van der Waals surface area contributed by atoms with Crippen molar-refractivity contribution in [3.05, 3.63) is 50.8 Å². The lowest BCUT2D eigenvalue weighted by atomic mass is 9.86. The number of hydrogen-bond acceptors (Lipinski definition) is 7. The van der Waals surface area contributed by atoms with E-state index < -0.39 is 22.4 Å². The Morgan fingerprint density at radius 3 is 2.79 bits per heavy atom. The van der Waals surface area contributed by atoms with E-state index in [0.717, 1.165) is 32.6 Å². The van der Waals surface area contributed by atoms with Gasteiger partial charge in [-0.2, -0.15) is 0 Å². The Balaban J connectivity index is 1.63. The maximum absolute atomic E-state index is 13.5. The van der Waals surface area contributed by atoms with Crippen LogP contribution in [0.4, 0.5) is 5.69 Å². The zero-order valence-electron chi connectivity index (χ0n) is 19.2. The predicted molar refractivity (Wildman–Crippen MR) is 128 cm³/mol. The number of carbonyl (C=O) groups is 1. The molecule has 9 heteroatoms. The number of fused-ring (bicyclic) bond motifs is 5. The van der Waals surface area contributed by atoms with Gasteiger partial charge in [0.2, 0.25) is 0 Å². The third-order valence-corrected chi connectivity index (χ3v) is 8.59. The van der Waals surface area contributed by atoms with Crippen LogP contribution < -0.4 is 10.9 Å². The first-order chi connectivity index (χ1) is 16.2. The van der Waals surface area contributed by atoms with Crippen LogP contribution in [0.1, 0.15) is 49.4 Å². The van der Waals surface area contributed by atoms with Crippen molar-refractivity contribution in [3.8, 4) is 11.4 Å². The van der Waals surface area contributed by atoms with Gasteiger partial charge >= 0.3 is 5.97 Å². The van der Waals surface area contributed by atoms with Gasteiger partial charge in [-0.05, 0) is 50.5 Å². The summed E-state index contributed by atoms with van der Waals surface area (Å²) in [6, 6.07) is 5.77. The third kappa shape index (κ3) is 2.74. The SMILES string of the molecule is CC[C@@]1(O)C(=O)OCc2c1cc1n(c2=O)Cc2c-1nc1ccc(NC(C)C)c3c1c2CCS3=O. The molecular formula is C25H25N3O5S. The molecule has 1 aromatic carbocycles. The molecule has 0 fully saturated rings. The number of aromatic nitrogens is 2. The summed E-state index contributed by atoms with van der Waals surface area (Å²) in [5.41, 5.74) is 3.37. The van der Waals surface area contributed by atoms with Crippen molar-refractivity contribution in [2.45, 2.75) is 63.3 Å². The van der Waals surface area contributed by atoms with Crippen LogP contribution in [0, 0.1) is 0 Å². The molecule has 2 atom stereocenters. The fraction of sp³-hybridized carbons (Fsp3) is 0.400. The zero-order valence-corrected chi connectivity index (χ0v) is 20.0. The number of anilines is 1. The molecule has 0 spiro atoms. The second-order valence-electron chi connectivity index (χ2n) is 9.46. The van der Waals surface area contributed by atoms with Gasteiger partial charge in [0.25, 0.3) is 5.56 Å². The molecule has 34 heavy (non-hydrogen) atoms. The van der Waals surface area contributed by atoms with Gasteiger partial charge in [-0.25, -0.2) is 9.78 Å². The van der Waals surface area contributed by atoms with E-state index in [4.69, 9.17) is 9.72 Å². The smallest absolute Gasteiger partial charge is 0.343 e. The van der Waals surface area contributed by atoms with Crippen LogP contribution in [0.15, 0.2) is 27.9 Å². The van der Waals surface area contributed by atoms with Gasteiger partial charge in [0.15, 0.2) is 5.60 Å². The first-order valence-electron chi connectivity index (χ1n) is 11.5. The molecule has 0 saturated heterocycles. The molecule has 0 amide bonds. The normalized spacial score (nSPS) is 22.4. The standard InChI is InChI=1S/C25H25N3O5S/c1-4-25(31)16-9-19-21-14(10-28(19)23(29)15(16)11-33-24(25)30)13-7-8-34(32)22-18(26-12(2)3)6-5-17(27-21)20(13)22/h5-6,9,12,26,31H,4,7-8,10-11H2,1-3H3/t25-,34?/m0/s1. The van der Waals surface area contributed by atoms with E-state index in [2.05, 4.69) is 5.32 Å². The lowest BCUT2D eigenvalue weighted by Crippen LogP contribution is -2.44. The molecule has 3 aliphatic rings. The minimum atomic E-state index is -1.85. The molecule has 2 N–H and O–H groups in total. The van der Waals surface area contributed by atoms with Crippen LogP contribution in [-0.2, 0) is 45.5 Å². The highest BCUT2D eigenvalue weighted by Crippen LogP contribution is 2.43. The van der Waals surface area contributed by atoms with Crippen molar-refractivity contribution in [2.24, 2.45) is 0 Å². The Bertz CT molecular complexity index is 1510. The van der Waals surface area contributed by atoms with E-state index in [0.29, 0.717) is 41.2 Å². The average molecular weight is 480 g/mol. The molecule has 3 aromatic rings. The number of nitrogens with one attached hydrogen (secondary N) is 1. The minimum absolute atomic E-state index is 0.103. The monoisotopic (exact) mass is 479 g/mol. The molecule has 8 nitrogen and oxygen atoms in total. The van der Waals surface area contributed by atoms with E-state index in [-0.39, 0.29) is 24.6 Å². The van der Waals surface area contributed by atoms with Crippen molar-refractivity contribution >= 4 is 33.4 Å². The number of ether oxygens (including phenoxy) is 1. The largest absolute Gasteiger partial charge is 0.458 e. The summed E-state index contributed by atoms with van der Waals surface area (Å²) in [7, 11) is -1.14. The number of aryl methyl sites for hydroxylation is 1. The van der Waals surface area contributed by atoms with Gasteiger partial charge in [0.1, 0.15) is 6.61 Å². The number of rotatable bonds is 3. The summed E-state index contributed by atoms with van der Waals surface area (Å²) >= 11 is 0. The van der Waals surface area contributed by atoms with E-state index in [1.807, 2.05) is 26.0 Å². The summed E-state index contributed by atoms with van der Waals surface area (Å²) in [6.45, 7) is 5.97. The van der Waals surface area contributed by atoms with E-state index in [9.17, 15) is 18.9 Å². The number of aliphatic hydroxyl groups is 1. The molecule has 176 valence electrons. The van der Waals surface area contributed by atoms with Crippen molar-refractivity contribution in [3.63, 3.8) is 0 Å². The van der Waals surface area contributed by atoms with Gasteiger partial charge in [-0.1, -0.05) is 6.92 Å². The predicted octanol–water partition coefficient (Wildman–Crippen LogP) is 2.56. The Morgan fingerprint density at radius 2 is 2.06 bits per heavy atom. The number of nitrogens with zero attached hydrogens (tertiary/aromatic N) is 2. The van der Waals surface area contributed by atoms with Crippen LogP contribution in [0.25, 0.3) is 22.3 Å². The van der Waals surface area contributed by atoms with Crippen molar-refractivity contribution in [2.75, 3.05) is 11.1 Å². The number of cyclic esters (lactones) is 1. The molecule has 0 saturated carbocycles. The fourth-order valence-corrected chi connectivity index (χ4v) is 6.89. The summed E-state index contributed by atoms with van der Waals surface area (Å²) in [6.07, 6.45) is 0.737. The van der Waals surface area contributed by atoms with E-state index in [1.165, 1.54) is 0 Å². The van der Waals surface area contributed by atoms with E-state index >= 15 is 0 Å². The number of pyridine rings is 2. The maximum Gasteiger partial charge on any atom is 0.343 e. The third-order valence-electron chi connectivity index (χ3n) is 7.13. The fourth-order valence-electron chi connectivity index (χ4n) is 5.47. The van der Waals surface area contributed by atoms with Crippen LogP contribution in [0.2, 0.25) is 0 Å². The highest BCUT2D eigenvalue weighted by Gasteiger charge is 2.45. The first-order valence-corrected chi connectivity index (χ1v) is 12.9. The number of carbonyl (C=O) groups excluding carboxylic acids is 1. The highest BCUT2D eigenvalue weighted by atomic mass is 32.2. The van der Waals surface area contributed by atoms with Gasteiger partial charge in [-0.3, -0.25) is 9.00 Å². The Morgan fingerprint density at radius 1 is 1.26 bits per heavy atom.